The minimum absolute atomic E-state index is 0.625. The van der Waals surface area contributed by atoms with E-state index in [9.17, 15) is 0 Å². The summed E-state index contributed by atoms with van der Waals surface area (Å²) in [5.74, 6) is 0.967. The Morgan fingerprint density at radius 3 is 2.40 bits per heavy atom. The Hall–Kier alpha value is -3.08. The number of fused-ring (bicyclic) bond motifs is 1. The van der Waals surface area contributed by atoms with Gasteiger partial charge in [-0.05, 0) is 73.3 Å². The first-order valence-corrected chi connectivity index (χ1v) is 12.8. The van der Waals surface area contributed by atoms with Gasteiger partial charge in [0.2, 0.25) is 0 Å². The first kappa shape index (κ1) is 23.7. The summed E-state index contributed by atoms with van der Waals surface area (Å²) in [6, 6.07) is 24.7. The molecule has 0 amide bonds. The summed E-state index contributed by atoms with van der Waals surface area (Å²) in [4.78, 5) is 2.46. The highest BCUT2D eigenvalue weighted by atomic mass is 16.5. The maximum atomic E-state index is 6.05. The zero-order valence-corrected chi connectivity index (χ0v) is 20.9. The maximum absolute atomic E-state index is 6.05. The van der Waals surface area contributed by atoms with Crippen molar-refractivity contribution in [2.75, 3.05) is 38.7 Å². The normalized spacial score (nSPS) is 16.3. The van der Waals surface area contributed by atoms with Gasteiger partial charge < -0.3 is 14.8 Å². The SMILES string of the molecule is Cc1ccc(-c2ccc3c(c2)C=C(CNc2ccc(CN(C)C4CCOCC4)cc2)CCO3)cc1. The lowest BCUT2D eigenvalue weighted by Crippen LogP contribution is -2.36. The first-order valence-electron chi connectivity index (χ1n) is 12.8. The van der Waals surface area contributed by atoms with Crippen molar-refractivity contribution in [2.45, 2.75) is 38.8 Å². The summed E-state index contributed by atoms with van der Waals surface area (Å²) in [6.45, 7) is 6.40. The predicted molar refractivity (Wildman–Crippen MR) is 145 cm³/mol. The molecule has 182 valence electrons. The van der Waals surface area contributed by atoms with Crippen LogP contribution < -0.4 is 10.1 Å². The molecule has 0 spiro atoms. The second kappa shape index (κ2) is 11.1. The third-order valence-electron chi connectivity index (χ3n) is 7.15. The molecule has 1 saturated heterocycles. The highest BCUT2D eigenvalue weighted by molar-refractivity contribution is 5.72. The molecule has 35 heavy (non-hydrogen) atoms. The van der Waals surface area contributed by atoms with Gasteiger partial charge in [0.1, 0.15) is 5.75 Å². The third-order valence-corrected chi connectivity index (χ3v) is 7.15. The van der Waals surface area contributed by atoms with Crippen molar-refractivity contribution in [3.05, 3.63) is 89.0 Å². The number of ether oxygens (including phenoxy) is 2. The average Bonchev–Trinajstić information content (AvgIpc) is 3.10. The number of nitrogens with zero attached hydrogens (tertiary/aromatic N) is 1. The monoisotopic (exact) mass is 468 g/mol. The van der Waals surface area contributed by atoms with Gasteiger partial charge in [-0.1, -0.05) is 54.1 Å². The standard InChI is InChI=1S/C31H36N2O2/c1-23-3-7-26(8-4-23)27-9-12-31-28(20-27)19-25(13-18-35-31)21-32-29-10-5-24(6-11-29)22-33(2)30-14-16-34-17-15-30/h3-12,19-20,30,32H,13-18,21-22H2,1-2H3. The van der Waals surface area contributed by atoms with Gasteiger partial charge in [0.15, 0.2) is 0 Å². The molecule has 0 unspecified atom stereocenters. The second-order valence-electron chi connectivity index (χ2n) is 9.83. The summed E-state index contributed by atoms with van der Waals surface area (Å²) < 4.78 is 11.6. The lowest BCUT2D eigenvalue weighted by molar-refractivity contribution is 0.0407. The fourth-order valence-corrected chi connectivity index (χ4v) is 4.93. The molecule has 4 heteroatoms. The van der Waals surface area contributed by atoms with E-state index in [1.165, 1.54) is 27.8 Å². The molecule has 0 saturated carbocycles. The Morgan fingerprint density at radius 2 is 1.63 bits per heavy atom. The molecule has 1 fully saturated rings. The van der Waals surface area contributed by atoms with E-state index in [1.807, 2.05) is 0 Å². The zero-order valence-electron chi connectivity index (χ0n) is 20.9. The smallest absolute Gasteiger partial charge is 0.126 e. The maximum Gasteiger partial charge on any atom is 0.126 e. The van der Waals surface area contributed by atoms with Crippen molar-refractivity contribution in [3.8, 4) is 16.9 Å². The van der Waals surface area contributed by atoms with Crippen LogP contribution in [0.25, 0.3) is 17.2 Å². The Bertz CT molecular complexity index is 1150. The summed E-state index contributed by atoms with van der Waals surface area (Å²) in [7, 11) is 2.23. The topological polar surface area (TPSA) is 33.7 Å². The molecule has 1 N–H and O–H groups in total. The number of hydrogen-bond acceptors (Lipinski definition) is 4. The minimum atomic E-state index is 0.625. The van der Waals surface area contributed by atoms with Crippen LogP contribution in [0.4, 0.5) is 5.69 Å². The van der Waals surface area contributed by atoms with Gasteiger partial charge in [-0.15, -0.1) is 0 Å². The molecule has 0 aromatic heterocycles. The van der Waals surface area contributed by atoms with E-state index in [0.29, 0.717) is 12.6 Å². The lowest BCUT2D eigenvalue weighted by atomic mass is 10.00. The summed E-state index contributed by atoms with van der Waals surface area (Å²) in [6.07, 6.45) is 5.48. The van der Waals surface area contributed by atoms with Gasteiger partial charge in [-0.3, -0.25) is 4.90 Å². The molecule has 3 aromatic rings. The highest BCUT2D eigenvalue weighted by Crippen LogP contribution is 2.31. The van der Waals surface area contributed by atoms with E-state index in [0.717, 1.165) is 62.6 Å². The molecular formula is C31H36N2O2. The average molecular weight is 469 g/mol. The van der Waals surface area contributed by atoms with Crippen LogP contribution in [-0.2, 0) is 11.3 Å². The fourth-order valence-electron chi connectivity index (χ4n) is 4.93. The molecule has 0 aliphatic carbocycles. The van der Waals surface area contributed by atoms with Crippen LogP contribution in [-0.4, -0.2) is 44.4 Å². The fraction of sp³-hybridized carbons (Fsp3) is 0.355. The number of benzene rings is 3. The molecular weight excluding hydrogens is 432 g/mol. The number of rotatable bonds is 7. The quantitative estimate of drug-likeness (QED) is 0.426. The van der Waals surface area contributed by atoms with Crippen molar-refractivity contribution in [3.63, 3.8) is 0 Å². The molecule has 5 rings (SSSR count). The van der Waals surface area contributed by atoms with E-state index in [4.69, 9.17) is 9.47 Å². The molecule has 0 bridgehead atoms. The Labute approximate surface area is 209 Å². The van der Waals surface area contributed by atoms with Crippen molar-refractivity contribution in [1.29, 1.82) is 0 Å². The van der Waals surface area contributed by atoms with Gasteiger partial charge in [-0.25, -0.2) is 0 Å². The molecule has 4 nitrogen and oxygen atoms in total. The number of anilines is 1. The highest BCUT2D eigenvalue weighted by Gasteiger charge is 2.18. The van der Waals surface area contributed by atoms with Crippen molar-refractivity contribution in [2.24, 2.45) is 0 Å². The van der Waals surface area contributed by atoms with Gasteiger partial charge in [-0.2, -0.15) is 0 Å². The third kappa shape index (κ3) is 6.14. The van der Waals surface area contributed by atoms with Crippen molar-refractivity contribution >= 4 is 11.8 Å². The summed E-state index contributed by atoms with van der Waals surface area (Å²) in [5, 5.41) is 3.62. The number of aryl methyl sites for hydroxylation is 1. The lowest BCUT2D eigenvalue weighted by Gasteiger charge is -2.31. The van der Waals surface area contributed by atoms with Crippen molar-refractivity contribution < 1.29 is 9.47 Å². The van der Waals surface area contributed by atoms with Gasteiger partial charge in [0.25, 0.3) is 0 Å². The van der Waals surface area contributed by atoms with Gasteiger partial charge in [0, 0.05) is 50.0 Å². The Balaban J connectivity index is 1.22. The Morgan fingerprint density at radius 1 is 0.886 bits per heavy atom. The van der Waals surface area contributed by atoms with Crippen LogP contribution in [0.3, 0.4) is 0 Å². The van der Waals surface area contributed by atoms with Gasteiger partial charge >= 0.3 is 0 Å². The molecule has 3 aromatic carbocycles. The second-order valence-corrected chi connectivity index (χ2v) is 9.83. The van der Waals surface area contributed by atoms with Crippen LogP contribution in [0.2, 0.25) is 0 Å². The summed E-state index contributed by atoms with van der Waals surface area (Å²) in [5.41, 5.74) is 8.75. The number of hydrogen-bond donors (Lipinski definition) is 1. The predicted octanol–water partition coefficient (Wildman–Crippen LogP) is 6.55. The largest absolute Gasteiger partial charge is 0.493 e. The van der Waals surface area contributed by atoms with E-state index >= 15 is 0 Å². The molecule has 0 atom stereocenters. The number of nitrogens with one attached hydrogen (secondary N) is 1. The van der Waals surface area contributed by atoms with Crippen LogP contribution in [0.1, 0.15) is 36.0 Å². The van der Waals surface area contributed by atoms with Crippen LogP contribution in [0.5, 0.6) is 5.75 Å². The van der Waals surface area contributed by atoms with E-state index < -0.39 is 0 Å². The van der Waals surface area contributed by atoms with Crippen LogP contribution in [0.15, 0.2) is 72.3 Å². The first-order chi connectivity index (χ1) is 17.1. The molecule has 0 radical (unpaired) electrons. The summed E-state index contributed by atoms with van der Waals surface area (Å²) >= 11 is 0. The molecule has 2 aliphatic heterocycles. The molecule has 2 aliphatic rings. The van der Waals surface area contributed by atoms with E-state index in [1.54, 1.807) is 0 Å². The van der Waals surface area contributed by atoms with Crippen LogP contribution in [0, 0.1) is 6.92 Å². The van der Waals surface area contributed by atoms with Gasteiger partial charge in [0.05, 0.1) is 6.61 Å². The van der Waals surface area contributed by atoms with Crippen LogP contribution >= 0.6 is 0 Å². The van der Waals surface area contributed by atoms with E-state index in [2.05, 4.69) is 97.0 Å². The molecule has 2 heterocycles. The Kier molecular flexibility index (Phi) is 7.51. The van der Waals surface area contributed by atoms with Crippen molar-refractivity contribution in [1.82, 2.24) is 4.90 Å². The zero-order chi connectivity index (χ0) is 24.0. The minimum Gasteiger partial charge on any atom is -0.493 e. The van der Waals surface area contributed by atoms with E-state index in [-0.39, 0.29) is 0 Å².